The molecule has 0 saturated carbocycles. The van der Waals surface area contributed by atoms with Gasteiger partial charge >= 0.3 is 5.82 Å². The highest BCUT2D eigenvalue weighted by atomic mass is 79.9. The molecule has 1 fully saturated rings. The Morgan fingerprint density at radius 1 is 1.59 bits per heavy atom. The Kier molecular flexibility index (Phi) is 4.03. The number of piperazine rings is 1. The van der Waals surface area contributed by atoms with E-state index in [0.29, 0.717) is 12.0 Å². The molecule has 0 aromatic carbocycles. The average Bonchev–Trinajstić information content (AvgIpc) is 2.30. The maximum atomic E-state index is 10.9. The lowest BCUT2D eigenvalue weighted by atomic mass is 10.1. The molecule has 0 unspecified atom stereocenters. The monoisotopic (exact) mass is 300 g/mol. The van der Waals surface area contributed by atoms with E-state index in [-0.39, 0.29) is 11.9 Å². The van der Waals surface area contributed by atoms with E-state index in [9.17, 15) is 10.1 Å². The fourth-order valence-corrected chi connectivity index (χ4v) is 2.29. The summed E-state index contributed by atoms with van der Waals surface area (Å²) in [5.41, 5.74) is 0.658. The Labute approximate surface area is 107 Å². The summed E-state index contributed by atoms with van der Waals surface area (Å²) in [6.07, 6.45) is 2.06. The molecule has 1 aliphatic rings. The molecular formula is C10H13BrN4O2. The number of hydrogen-bond acceptors (Lipinski definition) is 5. The van der Waals surface area contributed by atoms with Gasteiger partial charge < -0.3 is 20.7 Å². The summed E-state index contributed by atoms with van der Waals surface area (Å²) in [6, 6.07) is 1.99. The van der Waals surface area contributed by atoms with Crippen LogP contribution >= 0.6 is 15.9 Å². The lowest BCUT2D eigenvalue weighted by molar-refractivity contribution is -0.390. The van der Waals surface area contributed by atoms with Crippen LogP contribution in [0, 0.1) is 10.1 Å². The van der Waals surface area contributed by atoms with E-state index in [1.807, 2.05) is 0 Å². The maximum absolute atomic E-state index is 10.9. The van der Waals surface area contributed by atoms with Crippen LogP contribution in [0.5, 0.6) is 0 Å². The van der Waals surface area contributed by atoms with Gasteiger partial charge in [-0.2, -0.15) is 0 Å². The van der Waals surface area contributed by atoms with Crippen molar-refractivity contribution in [3.05, 3.63) is 32.4 Å². The van der Waals surface area contributed by atoms with Crippen LogP contribution in [0.2, 0.25) is 0 Å². The number of rotatable bonds is 3. The van der Waals surface area contributed by atoms with Gasteiger partial charge in [0.1, 0.15) is 0 Å². The molecule has 2 rings (SSSR count). The van der Waals surface area contributed by atoms with Crippen LogP contribution < -0.4 is 10.6 Å². The van der Waals surface area contributed by atoms with Crippen molar-refractivity contribution < 1.29 is 4.92 Å². The van der Waals surface area contributed by atoms with Crippen LogP contribution in [0.1, 0.15) is 5.56 Å². The Bertz CT molecular complexity index is 421. The fourth-order valence-electron chi connectivity index (χ4n) is 1.91. The van der Waals surface area contributed by atoms with Gasteiger partial charge in [0.25, 0.3) is 0 Å². The van der Waals surface area contributed by atoms with Gasteiger partial charge in [0.05, 0.1) is 10.0 Å². The van der Waals surface area contributed by atoms with E-state index in [4.69, 9.17) is 0 Å². The molecule has 1 saturated heterocycles. The molecule has 0 amide bonds. The van der Waals surface area contributed by atoms with Crippen molar-refractivity contribution in [1.29, 1.82) is 0 Å². The van der Waals surface area contributed by atoms with E-state index < -0.39 is 4.92 Å². The summed E-state index contributed by atoms with van der Waals surface area (Å²) >= 11 is 3.29. The zero-order chi connectivity index (χ0) is 12.3. The molecule has 17 heavy (non-hydrogen) atoms. The van der Waals surface area contributed by atoms with Crippen LogP contribution in [0.25, 0.3) is 0 Å². The third-order valence-electron chi connectivity index (χ3n) is 2.67. The molecule has 7 heteroatoms. The van der Waals surface area contributed by atoms with Crippen molar-refractivity contribution in [2.75, 3.05) is 19.6 Å². The first kappa shape index (κ1) is 12.4. The van der Waals surface area contributed by atoms with Crippen LogP contribution in [0.4, 0.5) is 5.82 Å². The Morgan fingerprint density at radius 3 is 3.06 bits per heavy atom. The molecule has 2 N–H and O–H groups in total. The van der Waals surface area contributed by atoms with Crippen LogP contribution in [0.15, 0.2) is 16.7 Å². The molecule has 0 aliphatic carbocycles. The number of nitrogens with zero attached hydrogens (tertiary/aromatic N) is 2. The fraction of sp³-hybridized carbons (Fsp3) is 0.500. The summed E-state index contributed by atoms with van der Waals surface area (Å²) in [5.74, 6) is -0.0550. The Hall–Kier alpha value is -1.05. The third kappa shape index (κ3) is 3.21. The molecule has 1 aromatic rings. The number of nitro groups is 1. The van der Waals surface area contributed by atoms with Crippen molar-refractivity contribution in [2.45, 2.75) is 12.5 Å². The number of halogens is 1. The number of nitrogens with one attached hydrogen (secondary N) is 2. The molecule has 1 aromatic heterocycles. The third-order valence-corrected chi connectivity index (χ3v) is 3.11. The molecule has 2 heterocycles. The minimum Gasteiger partial charge on any atom is -0.358 e. The highest BCUT2D eigenvalue weighted by Gasteiger charge is 2.20. The summed E-state index contributed by atoms with van der Waals surface area (Å²) in [6.45, 7) is 2.65. The second kappa shape index (κ2) is 5.52. The number of hydrogen-bond donors (Lipinski definition) is 2. The van der Waals surface area contributed by atoms with E-state index in [0.717, 1.165) is 24.1 Å². The van der Waals surface area contributed by atoms with Gasteiger partial charge in [-0.1, -0.05) is 0 Å². The van der Waals surface area contributed by atoms with E-state index >= 15 is 0 Å². The molecule has 0 bridgehead atoms. The van der Waals surface area contributed by atoms with Gasteiger partial charge in [0, 0.05) is 25.7 Å². The highest BCUT2D eigenvalue weighted by Crippen LogP contribution is 2.21. The predicted molar refractivity (Wildman–Crippen MR) is 67.0 cm³/mol. The van der Waals surface area contributed by atoms with Gasteiger partial charge in [-0.3, -0.25) is 0 Å². The van der Waals surface area contributed by atoms with E-state index in [2.05, 4.69) is 31.5 Å². The van der Waals surface area contributed by atoms with Crippen molar-refractivity contribution >= 4 is 21.7 Å². The lowest BCUT2D eigenvalue weighted by Gasteiger charge is -2.24. The van der Waals surface area contributed by atoms with Gasteiger partial charge in [-0.15, -0.1) is 0 Å². The van der Waals surface area contributed by atoms with Gasteiger partial charge in [-0.25, -0.2) is 0 Å². The van der Waals surface area contributed by atoms with Gasteiger partial charge in [0.2, 0.25) is 0 Å². The minimum atomic E-state index is -0.433. The van der Waals surface area contributed by atoms with Gasteiger partial charge in [0.15, 0.2) is 6.20 Å². The normalized spacial score (nSPS) is 20.2. The predicted octanol–water partition coefficient (Wildman–Crippen LogP) is 0.856. The van der Waals surface area contributed by atoms with E-state index in [1.54, 1.807) is 6.07 Å². The number of aromatic nitrogens is 1. The molecular weight excluding hydrogens is 288 g/mol. The first-order valence-corrected chi connectivity index (χ1v) is 6.19. The standard InChI is InChI=1S/C10H13BrN4O2/c11-8-3-7(10(14-5-8)15(16)17)4-9-6-12-1-2-13-9/h3,5,9,12-13H,1-2,4,6H2/t9-/m0/s1. The highest BCUT2D eigenvalue weighted by molar-refractivity contribution is 9.10. The van der Waals surface area contributed by atoms with E-state index in [1.165, 1.54) is 6.20 Å². The quantitative estimate of drug-likeness (QED) is 0.639. The average molecular weight is 301 g/mol. The SMILES string of the molecule is O=[N+]([O-])c1ncc(Br)cc1C[C@H]1CNCCN1. The Balaban J connectivity index is 2.17. The molecule has 0 radical (unpaired) electrons. The lowest BCUT2D eigenvalue weighted by Crippen LogP contribution is -2.49. The Morgan fingerprint density at radius 2 is 2.41 bits per heavy atom. The zero-order valence-corrected chi connectivity index (χ0v) is 10.7. The van der Waals surface area contributed by atoms with Crippen molar-refractivity contribution in [1.82, 2.24) is 15.6 Å². The summed E-state index contributed by atoms with van der Waals surface area (Å²) in [7, 11) is 0. The second-order valence-corrected chi connectivity index (χ2v) is 4.87. The van der Waals surface area contributed by atoms with Crippen LogP contribution in [-0.2, 0) is 6.42 Å². The number of pyridine rings is 1. The maximum Gasteiger partial charge on any atom is 0.366 e. The molecule has 0 spiro atoms. The van der Waals surface area contributed by atoms with Crippen molar-refractivity contribution in [2.24, 2.45) is 0 Å². The summed E-state index contributed by atoms with van der Waals surface area (Å²) in [4.78, 5) is 14.3. The molecule has 92 valence electrons. The first-order valence-electron chi connectivity index (χ1n) is 5.39. The summed E-state index contributed by atoms with van der Waals surface area (Å²) < 4.78 is 0.766. The summed E-state index contributed by atoms with van der Waals surface area (Å²) in [5, 5.41) is 17.4. The first-order chi connectivity index (χ1) is 8.16. The largest absolute Gasteiger partial charge is 0.366 e. The molecule has 6 nitrogen and oxygen atoms in total. The minimum absolute atomic E-state index is 0.0550. The topological polar surface area (TPSA) is 80.1 Å². The van der Waals surface area contributed by atoms with Crippen LogP contribution in [-0.4, -0.2) is 35.6 Å². The second-order valence-electron chi connectivity index (χ2n) is 3.95. The molecule has 1 atom stereocenters. The smallest absolute Gasteiger partial charge is 0.358 e. The van der Waals surface area contributed by atoms with Crippen LogP contribution in [0.3, 0.4) is 0 Å². The van der Waals surface area contributed by atoms with Gasteiger partial charge in [-0.05, 0) is 38.3 Å². The zero-order valence-electron chi connectivity index (χ0n) is 9.15. The van der Waals surface area contributed by atoms with Crippen molar-refractivity contribution in [3.8, 4) is 0 Å². The van der Waals surface area contributed by atoms with Crippen molar-refractivity contribution in [3.63, 3.8) is 0 Å². The molecule has 1 aliphatic heterocycles.